The van der Waals surface area contributed by atoms with Crippen molar-refractivity contribution >= 4 is 11.9 Å². The zero-order chi connectivity index (χ0) is 11.4. The van der Waals surface area contributed by atoms with E-state index >= 15 is 0 Å². The number of carboxylic acid groups (broad SMARTS) is 1. The standard InChI is InChI=1S/C9H8N2O4/c1-3-4-11(2)8(12)6-5-7(9(13)14)15-10-6/h1,5H,4H2,2H3,(H,13,14). The molecule has 1 aromatic rings. The van der Waals surface area contributed by atoms with E-state index in [4.69, 9.17) is 11.5 Å². The molecule has 1 aromatic heterocycles. The van der Waals surface area contributed by atoms with Gasteiger partial charge in [-0.1, -0.05) is 11.1 Å². The van der Waals surface area contributed by atoms with Crippen molar-refractivity contribution < 1.29 is 19.2 Å². The minimum Gasteiger partial charge on any atom is -0.475 e. The maximum Gasteiger partial charge on any atom is 0.374 e. The molecular formula is C9H8N2O4. The van der Waals surface area contributed by atoms with Gasteiger partial charge in [0.25, 0.3) is 5.91 Å². The molecule has 0 atom stereocenters. The Kier molecular flexibility index (Phi) is 3.08. The van der Waals surface area contributed by atoms with Crippen LogP contribution in [0.15, 0.2) is 10.6 Å². The summed E-state index contributed by atoms with van der Waals surface area (Å²) in [5, 5.41) is 11.9. The number of aromatic carboxylic acids is 1. The van der Waals surface area contributed by atoms with Crippen LogP contribution < -0.4 is 0 Å². The summed E-state index contributed by atoms with van der Waals surface area (Å²) < 4.78 is 4.43. The molecule has 0 saturated carbocycles. The molecule has 1 N–H and O–H groups in total. The fraction of sp³-hybridized carbons (Fsp3) is 0.222. The molecule has 78 valence electrons. The monoisotopic (exact) mass is 208 g/mol. The largest absolute Gasteiger partial charge is 0.475 e. The second kappa shape index (κ2) is 4.28. The Morgan fingerprint density at radius 2 is 2.40 bits per heavy atom. The van der Waals surface area contributed by atoms with E-state index < -0.39 is 11.9 Å². The molecule has 0 saturated heterocycles. The van der Waals surface area contributed by atoms with Gasteiger partial charge in [-0.3, -0.25) is 4.79 Å². The second-order valence-electron chi connectivity index (χ2n) is 2.75. The Morgan fingerprint density at radius 3 is 2.87 bits per heavy atom. The summed E-state index contributed by atoms with van der Waals surface area (Å²) in [5.41, 5.74) is -0.0786. The molecule has 1 rings (SSSR count). The van der Waals surface area contributed by atoms with Crippen LogP contribution in [-0.2, 0) is 0 Å². The van der Waals surface area contributed by atoms with Crippen molar-refractivity contribution in [2.24, 2.45) is 0 Å². The summed E-state index contributed by atoms with van der Waals surface area (Å²) in [4.78, 5) is 23.2. The van der Waals surface area contributed by atoms with Crippen LogP contribution in [0.5, 0.6) is 0 Å². The number of carbonyl (C=O) groups is 2. The van der Waals surface area contributed by atoms with Gasteiger partial charge < -0.3 is 14.5 Å². The van der Waals surface area contributed by atoms with E-state index in [0.717, 1.165) is 6.07 Å². The number of rotatable bonds is 3. The van der Waals surface area contributed by atoms with Gasteiger partial charge in [0.2, 0.25) is 5.76 Å². The minimum absolute atomic E-state index is 0.0786. The van der Waals surface area contributed by atoms with Crippen molar-refractivity contribution in [3.8, 4) is 12.3 Å². The highest BCUT2D eigenvalue weighted by molar-refractivity contribution is 5.94. The molecule has 0 aliphatic rings. The quantitative estimate of drug-likeness (QED) is 0.711. The van der Waals surface area contributed by atoms with E-state index in [2.05, 4.69) is 15.6 Å². The lowest BCUT2D eigenvalue weighted by atomic mass is 10.3. The number of nitrogens with zero attached hydrogens (tertiary/aromatic N) is 2. The van der Waals surface area contributed by atoms with Crippen LogP contribution in [-0.4, -0.2) is 40.6 Å². The number of carbonyl (C=O) groups excluding carboxylic acids is 1. The van der Waals surface area contributed by atoms with E-state index in [1.165, 1.54) is 11.9 Å². The zero-order valence-electron chi connectivity index (χ0n) is 7.93. The lowest BCUT2D eigenvalue weighted by Gasteiger charge is -2.10. The van der Waals surface area contributed by atoms with Crippen LogP contribution in [0.3, 0.4) is 0 Å². The molecule has 0 aliphatic heterocycles. The maximum atomic E-state index is 11.5. The van der Waals surface area contributed by atoms with Gasteiger partial charge in [-0.05, 0) is 0 Å². The van der Waals surface area contributed by atoms with Gasteiger partial charge in [-0.25, -0.2) is 4.79 Å². The number of hydrogen-bond donors (Lipinski definition) is 1. The molecule has 1 heterocycles. The predicted octanol–water partition coefficient (Wildman–Crippen LogP) is 0.0780. The maximum absolute atomic E-state index is 11.5. The summed E-state index contributed by atoms with van der Waals surface area (Å²) in [6.07, 6.45) is 5.02. The van der Waals surface area contributed by atoms with Crippen molar-refractivity contribution in [2.75, 3.05) is 13.6 Å². The topological polar surface area (TPSA) is 83.6 Å². The third-order valence-corrected chi connectivity index (χ3v) is 1.62. The third kappa shape index (κ3) is 2.34. The van der Waals surface area contributed by atoms with Crippen LogP contribution in [0, 0.1) is 12.3 Å². The van der Waals surface area contributed by atoms with E-state index in [-0.39, 0.29) is 18.0 Å². The van der Waals surface area contributed by atoms with E-state index in [1.807, 2.05) is 0 Å². The van der Waals surface area contributed by atoms with Gasteiger partial charge in [-0.2, -0.15) is 0 Å². The van der Waals surface area contributed by atoms with Gasteiger partial charge >= 0.3 is 5.97 Å². The van der Waals surface area contributed by atoms with Crippen molar-refractivity contribution in [3.63, 3.8) is 0 Å². The number of carboxylic acids is 1. The molecule has 0 radical (unpaired) electrons. The highest BCUT2D eigenvalue weighted by atomic mass is 16.5. The first-order valence-electron chi connectivity index (χ1n) is 3.95. The normalized spacial score (nSPS) is 9.33. The highest BCUT2D eigenvalue weighted by Gasteiger charge is 2.18. The Labute approximate surface area is 85.5 Å². The average Bonchev–Trinajstić information content (AvgIpc) is 2.65. The summed E-state index contributed by atoms with van der Waals surface area (Å²) in [5.74, 6) is 0.137. The van der Waals surface area contributed by atoms with E-state index in [1.54, 1.807) is 0 Å². The van der Waals surface area contributed by atoms with Gasteiger partial charge in [0.1, 0.15) is 0 Å². The fourth-order valence-electron chi connectivity index (χ4n) is 0.881. The van der Waals surface area contributed by atoms with Crippen molar-refractivity contribution in [3.05, 3.63) is 17.5 Å². The molecule has 0 bridgehead atoms. The number of aromatic nitrogens is 1. The first-order chi connectivity index (χ1) is 7.06. The first kappa shape index (κ1) is 10.8. The molecule has 0 fully saturated rings. The SMILES string of the molecule is C#CCN(C)C(=O)c1cc(C(=O)O)on1. The van der Waals surface area contributed by atoms with Gasteiger partial charge in [0.15, 0.2) is 5.69 Å². The summed E-state index contributed by atoms with van der Waals surface area (Å²) in [6, 6.07) is 1.05. The van der Waals surface area contributed by atoms with Crippen LogP contribution >= 0.6 is 0 Å². The molecule has 15 heavy (non-hydrogen) atoms. The summed E-state index contributed by atoms with van der Waals surface area (Å²) in [6.45, 7) is 0.119. The lowest BCUT2D eigenvalue weighted by molar-refractivity contribution is 0.0650. The number of amides is 1. The van der Waals surface area contributed by atoms with Gasteiger partial charge in [0.05, 0.1) is 6.54 Å². The molecule has 0 aromatic carbocycles. The zero-order valence-corrected chi connectivity index (χ0v) is 7.93. The van der Waals surface area contributed by atoms with Gasteiger partial charge in [0, 0.05) is 13.1 Å². The van der Waals surface area contributed by atoms with Crippen molar-refractivity contribution in [1.82, 2.24) is 10.1 Å². The van der Waals surface area contributed by atoms with E-state index in [9.17, 15) is 9.59 Å². The third-order valence-electron chi connectivity index (χ3n) is 1.62. The Morgan fingerprint density at radius 1 is 1.73 bits per heavy atom. The lowest BCUT2D eigenvalue weighted by Crippen LogP contribution is -2.27. The molecule has 6 nitrogen and oxygen atoms in total. The smallest absolute Gasteiger partial charge is 0.374 e. The Hall–Kier alpha value is -2.29. The molecule has 6 heteroatoms. The number of hydrogen-bond acceptors (Lipinski definition) is 4. The second-order valence-corrected chi connectivity index (χ2v) is 2.75. The predicted molar refractivity (Wildman–Crippen MR) is 49.3 cm³/mol. The molecular weight excluding hydrogens is 200 g/mol. The molecule has 0 unspecified atom stereocenters. The molecule has 0 spiro atoms. The summed E-state index contributed by atoms with van der Waals surface area (Å²) in [7, 11) is 1.48. The van der Waals surface area contributed by atoms with Crippen LogP contribution in [0.2, 0.25) is 0 Å². The fourth-order valence-corrected chi connectivity index (χ4v) is 0.881. The molecule has 0 aliphatic carbocycles. The average molecular weight is 208 g/mol. The Balaban J connectivity index is 2.84. The van der Waals surface area contributed by atoms with Crippen LogP contribution in [0.1, 0.15) is 21.0 Å². The van der Waals surface area contributed by atoms with Crippen molar-refractivity contribution in [2.45, 2.75) is 0 Å². The summed E-state index contributed by atoms with van der Waals surface area (Å²) >= 11 is 0. The van der Waals surface area contributed by atoms with Crippen LogP contribution in [0.25, 0.3) is 0 Å². The van der Waals surface area contributed by atoms with Crippen LogP contribution in [0.4, 0.5) is 0 Å². The van der Waals surface area contributed by atoms with Crippen molar-refractivity contribution in [1.29, 1.82) is 0 Å². The highest BCUT2D eigenvalue weighted by Crippen LogP contribution is 2.05. The molecule has 1 amide bonds. The number of terminal acetylenes is 1. The van der Waals surface area contributed by atoms with Gasteiger partial charge in [-0.15, -0.1) is 6.42 Å². The first-order valence-corrected chi connectivity index (χ1v) is 3.95. The Bertz CT molecular complexity index is 430. The minimum atomic E-state index is -1.28. The van der Waals surface area contributed by atoms with E-state index in [0.29, 0.717) is 0 Å².